The fraction of sp³-hybridized carbons (Fsp3) is 0.435. The number of ether oxygens (including phenoxy) is 1. The molecule has 32 heavy (non-hydrogen) atoms. The predicted octanol–water partition coefficient (Wildman–Crippen LogP) is 2.87. The fourth-order valence-electron chi connectivity index (χ4n) is 4.68. The van der Waals surface area contributed by atoms with Gasteiger partial charge in [-0.25, -0.2) is 0 Å². The van der Waals surface area contributed by atoms with Crippen LogP contribution < -0.4 is 10.2 Å². The minimum Gasteiger partial charge on any atom is -0.383 e. The van der Waals surface area contributed by atoms with Gasteiger partial charge < -0.3 is 15.0 Å². The van der Waals surface area contributed by atoms with E-state index in [9.17, 15) is 14.9 Å². The van der Waals surface area contributed by atoms with Gasteiger partial charge in [-0.3, -0.25) is 19.8 Å². The van der Waals surface area contributed by atoms with Crippen LogP contribution in [0.5, 0.6) is 0 Å². The lowest BCUT2D eigenvalue weighted by Crippen LogP contribution is -2.61. The highest BCUT2D eigenvalue weighted by Crippen LogP contribution is 2.38. The van der Waals surface area contributed by atoms with E-state index in [4.69, 9.17) is 16.3 Å². The summed E-state index contributed by atoms with van der Waals surface area (Å²) in [6, 6.07) is 12.8. The number of hydrogen-bond acceptors (Lipinski definition) is 6. The molecule has 2 atom stereocenters. The summed E-state index contributed by atoms with van der Waals surface area (Å²) in [7, 11) is 1.60. The van der Waals surface area contributed by atoms with Gasteiger partial charge in [-0.2, -0.15) is 0 Å². The molecule has 2 aromatic rings. The van der Waals surface area contributed by atoms with Crippen LogP contribution in [0.4, 0.5) is 11.4 Å². The summed E-state index contributed by atoms with van der Waals surface area (Å²) >= 11 is 6.01. The Kier molecular flexibility index (Phi) is 6.93. The maximum Gasteiger partial charge on any atom is 0.269 e. The van der Waals surface area contributed by atoms with E-state index in [1.54, 1.807) is 19.2 Å². The number of carbonyl (C=O) groups is 1. The summed E-state index contributed by atoms with van der Waals surface area (Å²) in [5, 5.41) is 15.0. The second-order valence-corrected chi connectivity index (χ2v) is 8.72. The van der Waals surface area contributed by atoms with Crippen molar-refractivity contribution in [2.75, 3.05) is 44.8 Å². The largest absolute Gasteiger partial charge is 0.383 e. The molecule has 2 aliphatic heterocycles. The van der Waals surface area contributed by atoms with Gasteiger partial charge in [-0.1, -0.05) is 23.7 Å². The number of halogens is 1. The summed E-state index contributed by atoms with van der Waals surface area (Å²) in [4.78, 5) is 28.6. The Hall–Kier alpha value is -2.68. The molecule has 0 radical (unpaired) electrons. The number of carbonyl (C=O) groups excluding carboxylic acids is 1. The molecule has 2 heterocycles. The minimum absolute atomic E-state index is 0.00690. The van der Waals surface area contributed by atoms with Crippen LogP contribution in [0.1, 0.15) is 11.1 Å². The van der Waals surface area contributed by atoms with Crippen molar-refractivity contribution in [3.63, 3.8) is 0 Å². The average molecular weight is 459 g/mol. The first-order chi connectivity index (χ1) is 15.5. The number of anilines is 1. The molecule has 8 nitrogen and oxygen atoms in total. The van der Waals surface area contributed by atoms with Crippen LogP contribution in [0, 0.1) is 16.0 Å². The van der Waals surface area contributed by atoms with Crippen LogP contribution >= 0.6 is 11.6 Å². The lowest BCUT2D eigenvalue weighted by Gasteiger charge is -2.49. The molecule has 0 aliphatic carbocycles. The van der Waals surface area contributed by atoms with E-state index in [1.807, 2.05) is 30.3 Å². The Morgan fingerprint density at radius 3 is 2.75 bits per heavy atom. The zero-order chi connectivity index (χ0) is 22.7. The standard InChI is InChI=1S/C23H27ClN4O4/c1-32-11-8-25-23(29)20-13-17-12-19(28(30)31)6-7-21(17)27-10-9-26(15-22(20)27)14-16-2-4-18(24)5-3-16/h2-7,12,20,22H,8-11,13-15H2,1H3,(H,25,29). The van der Waals surface area contributed by atoms with Crippen molar-refractivity contribution in [3.8, 4) is 0 Å². The van der Waals surface area contributed by atoms with Gasteiger partial charge in [0.05, 0.1) is 23.5 Å². The number of rotatable bonds is 7. The highest BCUT2D eigenvalue weighted by Gasteiger charge is 2.41. The lowest BCUT2D eigenvalue weighted by molar-refractivity contribution is -0.384. The van der Waals surface area contributed by atoms with Gasteiger partial charge in [0.1, 0.15) is 0 Å². The number of amides is 1. The molecule has 0 aromatic heterocycles. The summed E-state index contributed by atoms with van der Waals surface area (Å²) in [6.07, 6.45) is 0.478. The van der Waals surface area contributed by atoms with Crippen molar-refractivity contribution in [2.24, 2.45) is 5.92 Å². The number of nitro groups is 1. The highest BCUT2D eigenvalue weighted by molar-refractivity contribution is 6.30. The van der Waals surface area contributed by atoms with Crippen LogP contribution in [0.2, 0.25) is 5.02 Å². The number of non-ortho nitro benzene ring substituents is 1. The third-order valence-electron chi connectivity index (χ3n) is 6.25. The van der Waals surface area contributed by atoms with Crippen LogP contribution in [-0.4, -0.2) is 61.7 Å². The Morgan fingerprint density at radius 1 is 1.25 bits per heavy atom. The number of hydrogen-bond donors (Lipinski definition) is 1. The zero-order valence-electron chi connectivity index (χ0n) is 18.0. The van der Waals surface area contributed by atoms with Crippen molar-refractivity contribution in [1.82, 2.24) is 10.2 Å². The molecule has 1 saturated heterocycles. The second-order valence-electron chi connectivity index (χ2n) is 8.29. The summed E-state index contributed by atoms with van der Waals surface area (Å²) < 4.78 is 5.06. The van der Waals surface area contributed by atoms with Crippen LogP contribution in [0.15, 0.2) is 42.5 Å². The van der Waals surface area contributed by atoms with Gasteiger partial charge in [0, 0.05) is 62.7 Å². The van der Waals surface area contributed by atoms with Gasteiger partial charge in [0.25, 0.3) is 5.69 Å². The first-order valence-electron chi connectivity index (χ1n) is 10.7. The number of fused-ring (bicyclic) bond motifs is 3. The Bertz CT molecular complexity index is 984. The first-order valence-corrected chi connectivity index (χ1v) is 11.1. The van der Waals surface area contributed by atoms with Crippen LogP contribution in [0.3, 0.4) is 0 Å². The van der Waals surface area contributed by atoms with E-state index in [1.165, 1.54) is 5.56 Å². The van der Waals surface area contributed by atoms with E-state index in [0.29, 0.717) is 24.6 Å². The number of nitrogens with one attached hydrogen (secondary N) is 1. The van der Waals surface area contributed by atoms with Crippen molar-refractivity contribution >= 4 is 28.9 Å². The maximum atomic E-state index is 13.1. The molecular formula is C23H27ClN4O4. The number of benzene rings is 2. The molecule has 2 aromatic carbocycles. The molecule has 1 N–H and O–H groups in total. The first kappa shape index (κ1) is 22.5. The number of piperazine rings is 1. The van der Waals surface area contributed by atoms with E-state index < -0.39 is 0 Å². The molecule has 0 saturated carbocycles. The molecule has 1 fully saturated rings. The van der Waals surface area contributed by atoms with Crippen molar-refractivity contribution in [1.29, 1.82) is 0 Å². The normalized spacial score (nSPS) is 20.4. The van der Waals surface area contributed by atoms with E-state index >= 15 is 0 Å². The summed E-state index contributed by atoms with van der Waals surface area (Å²) in [5.41, 5.74) is 3.08. The highest BCUT2D eigenvalue weighted by atomic mass is 35.5. The van der Waals surface area contributed by atoms with E-state index in [-0.39, 0.29) is 28.5 Å². The number of nitro benzene ring substituents is 1. The third-order valence-corrected chi connectivity index (χ3v) is 6.50. The second kappa shape index (κ2) is 9.85. The van der Waals surface area contributed by atoms with E-state index in [0.717, 1.165) is 37.4 Å². The Labute approximate surface area is 192 Å². The minimum atomic E-state index is -0.385. The lowest BCUT2D eigenvalue weighted by atomic mass is 9.83. The quantitative estimate of drug-likeness (QED) is 0.390. The van der Waals surface area contributed by atoms with Gasteiger partial charge in [-0.15, -0.1) is 0 Å². The summed E-state index contributed by atoms with van der Waals surface area (Å²) in [6.45, 7) is 4.00. The SMILES string of the molecule is COCCNC(=O)C1Cc2cc([N+](=O)[O-])ccc2N2CCN(Cc3ccc(Cl)cc3)CC12. The molecule has 2 aliphatic rings. The van der Waals surface area contributed by atoms with Gasteiger partial charge >= 0.3 is 0 Å². The van der Waals surface area contributed by atoms with Gasteiger partial charge in [-0.05, 0) is 35.7 Å². The van der Waals surface area contributed by atoms with Crippen LogP contribution in [-0.2, 0) is 22.5 Å². The van der Waals surface area contributed by atoms with Crippen molar-refractivity contribution < 1.29 is 14.5 Å². The van der Waals surface area contributed by atoms with Gasteiger partial charge in [0.15, 0.2) is 0 Å². The Balaban J connectivity index is 1.57. The molecule has 0 bridgehead atoms. The topological polar surface area (TPSA) is 87.9 Å². The molecule has 4 rings (SSSR count). The third kappa shape index (κ3) is 4.87. The molecule has 9 heteroatoms. The molecule has 1 amide bonds. The summed E-state index contributed by atoms with van der Waals surface area (Å²) in [5.74, 6) is -0.336. The Morgan fingerprint density at radius 2 is 2.03 bits per heavy atom. The fourth-order valence-corrected chi connectivity index (χ4v) is 4.81. The molecule has 0 spiro atoms. The zero-order valence-corrected chi connectivity index (χ0v) is 18.8. The molecule has 170 valence electrons. The van der Waals surface area contributed by atoms with E-state index in [2.05, 4.69) is 15.1 Å². The number of methoxy groups -OCH3 is 1. The number of nitrogens with zero attached hydrogens (tertiary/aromatic N) is 3. The monoisotopic (exact) mass is 458 g/mol. The molecular weight excluding hydrogens is 432 g/mol. The molecule has 2 unspecified atom stereocenters. The average Bonchev–Trinajstić information content (AvgIpc) is 2.79. The van der Waals surface area contributed by atoms with Crippen LogP contribution in [0.25, 0.3) is 0 Å². The maximum absolute atomic E-state index is 13.1. The smallest absolute Gasteiger partial charge is 0.269 e. The van der Waals surface area contributed by atoms with Crippen molar-refractivity contribution in [3.05, 3.63) is 68.7 Å². The van der Waals surface area contributed by atoms with Crippen molar-refractivity contribution in [2.45, 2.75) is 19.0 Å². The predicted molar refractivity (Wildman–Crippen MR) is 123 cm³/mol. The van der Waals surface area contributed by atoms with Gasteiger partial charge in [0.2, 0.25) is 5.91 Å².